The quantitative estimate of drug-likeness (QED) is 0.699. The number of methoxy groups -OCH3 is 1. The Morgan fingerprint density at radius 3 is 2.29 bits per heavy atom. The topological polar surface area (TPSA) is 21.3 Å². The van der Waals surface area contributed by atoms with E-state index >= 15 is 0 Å². The van der Waals surface area contributed by atoms with Gasteiger partial charge in [0.05, 0.1) is 5.60 Å². The molecule has 2 atom stereocenters. The molecule has 1 saturated carbocycles. The third-order valence-corrected chi connectivity index (χ3v) is 4.35. The standard InChI is InChI=1S/C15H31NO/c1-5-9-13(3)14(16-12-6-2)15(17-4)10-7-8-11-15/h13-14,16H,5-12H2,1-4H3. The fraction of sp³-hybridized carbons (Fsp3) is 1.00. The molecule has 0 aliphatic heterocycles. The smallest absolute Gasteiger partial charge is 0.0833 e. The van der Waals surface area contributed by atoms with E-state index in [2.05, 4.69) is 26.1 Å². The fourth-order valence-electron chi connectivity index (χ4n) is 3.44. The summed E-state index contributed by atoms with van der Waals surface area (Å²) in [4.78, 5) is 0. The van der Waals surface area contributed by atoms with Gasteiger partial charge in [0.15, 0.2) is 0 Å². The number of rotatable bonds is 8. The summed E-state index contributed by atoms with van der Waals surface area (Å²) >= 11 is 0. The van der Waals surface area contributed by atoms with Crippen LogP contribution >= 0.6 is 0 Å². The maximum Gasteiger partial charge on any atom is 0.0833 e. The molecule has 2 nitrogen and oxygen atoms in total. The Kier molecular flexibility index (Phi) is 6.50. The Balaban J connectivity index is 2.71. The molecule has 0 amide bonds. The molecular formula is C15H31NO. The molecule has 0 spiro atoms. The molecule has 2 heteroatoms. The van der Waals surface area contributed by atoms with Crippen LogP contribution in [-0.2, 0) is 4.74 Å². The zero-order valence-corrected chi connectivity index (χ0v) is 12.2. The molecule has 1 aliphatic carbocycles. The lowest BCUT2D eigenvalue weighted by Crippen LogP contribution is -2.54. The first-order chi connectivity index (χ1) is 8.20. The van der Waals surface area contributed by atoms with Crippen LogP contribution in [0.3, 0.4) is 0 Å². The van der Waals surface area contributed by atoms with Crippen molar-refractivity contribution in [3.63, 3.8) is 0 Å². The summed E-state index contributed by atoms with van der Waals surface area (Å²) in [5.74, 6) is 0.713. The van der Waals surface area contributed by atoms with Crippen molar-refractivity contribution in [1.82, 2.24) is 5.32 Å². The summed E-state index contributed by atoms with van der Waals surface area (Å²) in [7, 11) is 1.91. The lowest BCUT2D eigenvalue weighted by Gasteiger charge is -2.40. The van der Waals surface area contributed by atoms with E-state index in [1.165, 1.54) is 44.9 Å². The summed E-state index contributed by atoms with van der Waals surface area (Å²) in [6, 6.07) is 0.537. The average molecular weight is 241 g/mol. The summed E-state index contributed by atoms with van der Waals surface area (Å²) < 4.78 is 5.96. The van der Waals surface area contributed by atoms with Crippen LogP contribution in [0, 0.1) is 5.92 Å². The van der Waals surface area contributed by atoms with Crippen molar-refractivity contribution in [3.8, 4) is 0 Å². The molecule has 102 valence electrons. The van der Waals surface area contributed by atoms with E-state index in [1.807, 2.05) is 7.11 Å². The normalized spacial score (nSPS) is 22.6. The van der Waals surface area contributed by atoms with Crippen molar-refractivity contribution in [1.29, 1.82) is 0 Å². The second kappa shape index (κ2) is 7.38. The van der Waals surface area contributed by atoms with Crippen molar-refractivity contribution >= 4 is 0 Å². The van der Waals surface area contributed by atoms with E-state index in [0.29, 0.717) is 12.0 Å². The van der Waals surface area contributed by atoms with Crippen LogP contribution in [0.15, 0.2) is 0 Å². The molecule has 0 saturated heterocycles. The van der Waals surface area contributed by atoms with Crippen molar-refractivity contribution in [2.75, 3.05) is 13.7 Å². The number of hydrogen-bond acceptors (Lipinski definition) is 2. The highest BCUT2D eigenvalue weighted by molar-refractivity contribution is 4.98. The van der Waals surface area contributed by atoms with Gasteiger partial charge in [-0.05, 0) is 38.1 Å². The Morgan fingerprint density at radius 2 is 1.82 bits per heavy atom. The minimum absolute atomic E-state index is 0.115. The van der Waals surface area contributed by atoms with Gasteiger partial charge in [-0.1, -0.05) is 40.0 Å². The van der Waals surface area contributed by atoms with Crippen LogP contribution in [-0.4, -0.2) is 25.3 Å². The van der Waals surface area contributed by atoms with Crippen LogP contribution in [0.5, 0.6) is 0 Å². The summed E-state index contributed by atoms with van der Waals surface area (Å²) in [5.41, 5.74) is 0.115. The highest BCUT2D eigenvalue weighted by atomic mass is 16.5. The highest BCUT2D eigenvalue weighted by Crippen LogP contribution is 2.39. The first-order valence-corrected chi connectivity index (χ1v) is 7.48. The average Bonchev–Trinajstić information content (AvgIpc) is 2.80. The number of nitrogens with one attached hydrogen (secondary N) is 1. The summed E-state index contributed by atoms with van der Waals surface area (Å²) in [5, 5.41) is 3.76. The second-order valence-corrected chi connectivity index (χ2v) is 5.67. The molecule has 1 fully saturated rings. The Morgan fingerprint density at radius 1 is 1.18 bits per heavy atom. The molecule has 0 bridgehead atoms. The van der Waals surface area contributed by atoms with Gasteiger partial charge < -0.3 is 10.1 Å². The molecule has 17 heavy (non-hydrogen) atoms. The van der Waals surface area contributed by atoms with Crippen LogP contribution < -0.4 is 5.32 Å². The first kappa shape index (κ1) is 15.0. The summed E-state index contributed by atoms with van der Waals surface area (Å²) in [6.07, 6.45) is 8.90. The molecule has 1 N–H and O–H groups in total. The highest BCUT2D eigenvalue weighted by Gasteiger charge is 2.43. The third kappa shape index (κ3) is 3.69. The van der Waals surface area contributed by atoms with Gasteiger partial charge in [0.1, 0.15) is 0 Å². The molecular weight excluding hydrogens is 210 g/mol. The number of hydrogen-bond donors (Lipinski definition) is 1. The first-order valence-electron chi connectivity index (χ1n) is 7.48. The third-order valence-electron chi connectivity index (χ3n) is 4.35. The second-order valence-electron chi connectivity index (χ2n) is 5.67. The number of ether oxygens (including phenoxy) is 1. The lowest BCUT2D eigenvalue weighted by atomic mass is 9.81. The van der Waals surface area contributed by atoms with Gasteiger partial charge in [0, 0.05) is 13.2 Å². The molecule has 0 aromatic rings. The molecule has 0 aromatic heterocycles. The summed E-state index contributed by atoms with van der Waals surface area (Å²) in [6.45, 7) is 8.02. The van der Waals surface area contributed by atoms with Crippen LogP contribution in [0.2, 0.25) is 0 Å². The van der Waals surface area contributed by atoms with Gasteiger partial charge >= 0.3 is 0 Å². The van der Waals surface area contributed by atoms with Gasteiger partial charge in [-0.15, -0.1) is 0 Å². The monoisotopic (exact) mass is 241 g/mol. The minimum Gasteiger partial charge on any atom is -0.377 e. The molecule has 1 aliphatic rings. The maximum atomic E-state index is 5.96. The van der Waals surface area contributed by atoms with E-state index in [4.69, 9.17) is 4.74 Å². The zero-order valence-electron chi connectivity index (χ0n) is 12.2. The molecule has 2 unspecified atom stereocenters. The van der Waals surface area contributed by atoms with Crippen molar-refractivity contribution in [3.05, 3.63) is 0 Å². The minimum atomic E-state index is 0.115. The Hall–Kier alpha value is -0.0800. The predicted octanol–water partition coefficient (Wildman–Crippen LogP) is 3.75. The van der Waals surface area contributed by atoms with Gasteiger partial charge in [0.25, 0.3) is 0 Å². The Labute approximate surface area is 108 Å². The van der Waals surface area contributed by atoms with Gasteiger partial charge in [-0.3, -0.25) is 0 Å². The van der Waals surface area contributed by atoms with Crippen molar-refractivity contribution < 1.29 is 4.74 Å². The van der Waals surface area contributed by atoms with E-state index in [0.717, 1.165) is 6.54 Å². The van der Waals surface area contributed by atoms with Crippen LogP contribution in [0.4, 0.5) is 0 Å². The van der Waals surface area contributed by atoms with Crippen molar-refractivity contribution in [2.24, 2.45) is 5.92 Å². The largest absolute Gasteiger partial charge is 0.377 e. The van der Waals surface area contributed by atoms with Crippen LogP contribution in [0.1, 0.15) is 65.7 Å². The lowest BCUT2D eigenvalue weighted by molar-refractivity contribution is -0.0507. The van der Waals surface area contributed by atoms with Gasteiger partial charge in [-0.25, -0.2) is 0 Å². The van der Waals surface area contributed by atoms with E-state index in [1.54, 1.807) is 0 Å². The van der Waals surface area contributed by atoms with Crippen molar-refractivity contribution in [2.45, 2.75) is 77.4 Å². The van der Waals surface area contributed by atoms with Gasteiger partial charge in [-0.2, -0.15) is 0 Å². The fourth-order valence-corrected chi connectivity index (χ4v) is 3.44. The maximum absolute atomic E-state index is 5.96. The van der Waals surface area contributed by atoms with Gasteiger partial charge in [0.2, 0.25) is 0 Å². The van der Waals surface area contributed by atoms with E-state index in [9.17, 15) is 0 Å². The van der Waals surface area contributed by atoms with Crippen LogP contribution in [0.25, 0.3) is 0 Å². The predicted molar refractivity (Wildman–Crippen MR) is 74.4 cm³/mol. The SMILES string of the molecule is CCCNC(C(C)CCC)C1(OC)CCCC1. The molecule has 1 rings (SSSR count). The zero-order chi connectivity index (χ0) is 12.7. The van der Waals surface area contributed by atoms with E-state index in [-0.39, 0.29) is 5.60 Å². The van der Waals surface area contributed by atoms with E-state index < -0.39 is 0 Å². The Bertz CT molecular complexity index is 199. The molecule has 0 radical (unpaired) electrons. The molecule has 0 aromatic carbocycles. The molecule has 0 heterocycles.